The highest BCUT2D eigenvalue weighted by Crippen LogP contribution is 2.33. The van der Waals surface area contributed by atoms with Crippen molar-refractivity contribution >= 4 is 17.6 Å². The van der Waals surface area contributed by atoms with Gasteiger partial charge in [-0.05, 0) is 17.7 Å². The van der Waals surface area contributed by atoms with Gasteiger partial charge >= 0.3 is 12.6 Å². The Morgan fingerprint density at radius 1 is 1.28 bits per heavy atom. The van der Waals surface area contributed by atoms with Crippen molar-refractivity contribution in [1.29, 1.82) is 0 Å². The lowest BCUT2D eigenvalue weighted by molar-refractivity contribution is -0.140. The van der Waals surface area contributed by atoms with E-state index in [1.165, 1.54) is 32.4 Å². The standard InChI is InChI=1S/C11H11ClF2O4/c1-16-7-4-3-6(9(12)10(15)17-2)5-8(7)18-11(13)14/h3-5,9,11H,1-2H3. The summed E-state index contributed by atoms with van der Waals surface area (Å²) in [5, 5.41) is -1.10. The third-order valence-electron chi connectivity index (χ3n) is 2.10. The van der Waals surface area contributed by atoms with Crippen molar-refractivity contribution in [2.75, 3.05) is 14.2 Å². The fourth-order valence-corrected chi connectivity index (χ4v) is 1.50. The van der Waals surface area contributed by atoms with E-state index in [9.17, 15) is 13.6 Å². The topological polar surface area (TPSA) is 44.8 Å². The fraction of sp³-hybridized carbons (Fsp3) is 0.364. The van der Waals surface area contributed by atoms with Crippen LogP contribution in [0.25, 0.3) is 0 Å². The smallest absolute Gasteiger partial charge is 0.387 e. The van der Waals surface area contributed by atoms with Crippen molar-refractivity contribution in [2.24, 2.45) is 0 Å². The second-order valence-electron chi connectivity index (χ2n) is 3.17. The molecule has 0 aromatic heterocycles. The van der Waals surface area contributed by atoms with Crippen LogP contribution in [0.1, 0.15) is 10.9 Å². The third-order valence-corrected chi connectivity index (χ3v) is 2.53. The average Bonchev–Trinajstić information content (AvgIpc) is 2.36. The number of methoxy groups -OCH3 is 2. The molecule has 0 N–H and O–H groups in total. The predicted octanol–water partition coefficient (Wildman–Crippen LogP) is 2.75. The van der Waals surface area contributed by atoms with E-state index < -0.39 is 18.0 Å². The zero-order valence-corrected chi connectivity index (χ0v) is 10.4. The van der Waals surface area contributed by atoms with E-state index in [2.05, 4.69) is 9.47 Å². The maximum absolute atomic E-state index is 12.2. The number of alkyl halides is 3. The molecule has 100 valence electrons. The molecule has 7 heteroatoms. The van der Waals surface area contributed by atoms with Gasteiger partial charge in [0.15, 0.2) is 16.9 Å². The zero-order chi connectivity index (χ0) is 13.7. The maximum atomic E-state index is 12.2. The molecule has 1 unspecified atom stereocenters. The summed E-state index contributed by atoms with van der Waals surface area (Å²) in [5.74, 6) is -0.767. The highest BCUT2D eigenvalue weighted by atomic mass is 35.5. The second-order valence-corrected chi connectivity index (χ2v) is 3.61. The molecule has 0 saturated heterocycles. The summed E-state index contributed by atoms with van der Waals surface area (Å²) < 4.78 is 38.0. The van der Waals surface area contributed by atoms with Gasteiger partial charge in [0.2, 0.25) is 0 Å². The number of ether oxygens (including phenoxy) is 3. The van der Waals surface area contributed by atoms with Crippen LogP contribution in [0.2, 0.25) is 0 Å². The summed E-state index contributed by atoms with van der Waals surface area (Å²) in [6.07, 6.45) is 0. The number of rotatable bonds is 5. The van der Waals surface area contributed by atoms with E-state index in [0.29, 0.717) is 0 Å². The van der Waals surface area contributed by atoms with Crippen molar-refractivity contribution in [3.05, 3.63) is 23.8 Å². The van der Waals surface area contributed by atoms with Crippen LogP contribution in [0.15, 0.2) is 18.2 Å². The first-order valence-corrected chi connectivity index (χ1v) is 5.28. The summed E-state index contributed by atoms with van der Waals surface area (Å²) in [7, 11) is 2.49. The van der Waals surface area contributed by atoms with Crippen molar-refractivity contribution in [3.8, 4) is 11.5 Å². The molecular formula is C11H11ClF2O4. The molecule has 1 atom stereocenters. The molecule has 0 aliphatic carbocycles. The molecule has 4 nitrogen and oxygen atoms in total. The fourth-order valence-electron chi connectivity index (χ4n) is 1.28. The van der Waals surface area contributed by atoms with Gasteiger partial charge in [0.1, 0.15) is 0 Å². The first kappa shape index (κ1) is 14.5. The van der Waals surface area contributed by atoms with Crippen molar-refractivity contribution in [3.63, 3.8) is 0 Å². The quantitative estimate of drug-likeness (QED) is 0.614. The molecule has 0 heterocycles. The van der Waals surface area contributed by atoms with E-state index in [-0.39, 0.29) is 17.1 Å². The van der Waals surface area contributed by atoms with E-state index in [0.717, 1.165) is 0 Å². The minimum atomic E-state index is -3.00. The molecule has 18 heavy (non-hydrogen) atoms. The molecule has 0 fully saturated rings. The average molecular weight is 281 g/mol. The van der Waals surface area contributed by atoms with Crippen LogP contribution in [0.3, 0.4) is 0 Å². The summed E-state index contributed by atoms with van der Waals surface area (Å²) in [6, 6.07) is 4.05. The van der Waals surface area contributed by atoms with Crippen molar-refractivity contribution in [2.45, 2.75) is 12.0 Å². The van der Waals surface area contributed by atoms with Crippen LogP contribution >= 0.6 is 11.6 Å². The zero-order valence-electron chi connectivity index (χ0n) is 9.65. The molecule has 0 saturated carbocycles. The van der Waals surface area contributed by atoms with E-state index >= 15 is 0 Å². The second kappa shape index (κ2) is 6.39. The number of carbonyl (C=O) groups is 1. The predicted molar refractivity (Wildman–Crippen MR) is 60.2 cm³/mol. The SMILES string of the molecule is COC(=O)C(Cl)c1ccc(OC)c(OC(F)F)c1. The number of halogens is 3. The van der Waals surface area contributed by atoms with Crippen LogP contribution in [0.4, 0.5) is 8.78 Å². The normalized spacial score (nSPS) is 12.1. The molecule has 0 amide bonds. The minimum Gasteiger partial charge on any atom is -0.493 e. The molecule has 1 rings (SSSR count). The summed E-state index contributed by atoms with van der Waals surface area (Å²) in [6.45, 7) is -3.00. The molecular weight excluding hydrogens is 270 g/mol. The van der Waals surface area contributed by atoms with Crippen molar-refractivity contribution < 1.29 is 27.8 Å². The first-order chi connectivity index (χ1) is 8.49. The van der Waals surface area contributed by atoms with Crippen LogP contribution in [0, 0.1) is 0 Å². The molecule has 0 bridgehead atoms. The Balaban J connectivity index is 3.05. The molecule has 1 aromatic carbocycles. The highest BCUT2D eigenvalue weighted by Gasteiger charge is 2.21. The van der Waals surface area contributed by atoms with Gasteiger partial charge < -0.3 is 14.2 Å². The van der Waals surface area contributed by atoms with Crippen molar-refractivity contribution in [1.82, 2.24) is 0 Å². The number of hydrogen-bond donors (Lipinski definition) is 0. The van der Waals surface area contributed by atoms with Gasteiger partial charge in [-0.15, -0.1) is 11.6 Å². The maximum Gasteiger partial charge on any atom is 0.387 e. The summed E-state index contributed by atoms with van der Waals surface area (Å²) in [4.78, 5) is 11.2. The Bertz CT molecular complexity index is 426. The Labute approximate surface area is 107 Å². The van der Waals surface area contributed by atoms with E-state index in [4.69, 9.17) is 16.3 Å². The van der Waals surface area contributed by atoms with Gasteiger partial charge in [-0.2, -0.15) is 8.78 Å². The summed E-state index contributed by atoms with van der Waals surface area (Å²) in [5.41, 5.74) is 0.278. The number of carbonyl (C=O) groups excluding carboxylic acids is 1. The lowest BCUT2D eigenvalue weighted by atomic mass is 10.1. The molecule has 0 aliphatic rings. The molecule has 0 aliphatic heterocycles. The molecule has 0 spiro atoms. The van der Waals surface area contributed by atoms with Gasteiger partial charge in [-0.1, -0.05) is 6.07 Å². The molecule has 0 radical (unpaired) electrons. The van der Waals surface area contributed by atoms with Crippen LogP contribution < -0.4 is 9.47 Å². The monoisotopic (exact) mass is 280 g/mol. The Morgan fingerprint density at radius 2 is 1.94 bits per heavy atom. The largest absolute Gasteiger partial charge is 0.493 e. The Hall–Kier alpha value is -1.56. The first-order valence-electron chi connectivity index (χ1n) is 4.84. The van der Waals surface area contributed by atoms with E-state index in [1.54, 1.807) is 0 Å². The number of esters is 1. The minimum absolute atomic E-state index is 0.118. The number of hydrogen-bond acceptors (Lipinski definition) is 4. The third kappa shape index (κ3) is 3.46. The molecule has 1 aromatic rings. The van der Waals surface area contributed by atoms with E-state index in [1.807, 2.05) is 0 Å². The van der Waals surface area contributed by atoms with Crippen LogP contribution in [-0.4, -0.2) is 26.8 Å². The van der Waals surface area contributed by atoms with Gasteiger partial charge in [-0.3, -0.25) is 4.79 Å². The lowest BCUT2D eigenvalue weighted by Gasteiger charge is -2.13. The van der Waals surface area contributed by atoms with Gasteiger partial charge in [0, 0.05) is 0 Å². The van der Waals surface area contributed by atoms with Gasteiger partial charge in [-0.25, -0.2) is 0 Å². The highest BCUT2D eigenvalue weighted by molar-refractivity contribution is 6.29. The summed E-state index contributed by atoms with van der Waals surface area (Å²) >= 11 is 5.80. The van der Waals surface area contributed by atoms with Crippen LogP contribution in [0.5, 0.6) is 11.5 Å². The lowest BCUT2D eigenvalue weighted by Crippen LogP contribution is -2.10. The Kier molecular flexibility index (Phi) is 5.15. The van der Waals surface area contributed by atoms with Crippen LogP contribution in [-0.2, 0) is 9.53 Å². The van der Waals surface area contributed by atoms with Gasteiger partial charge in [0.25, 0.3) is 0 Å². The number of benzene rings is 1. The Morgan fingerprint density at radius 3 is 2.44 bits per heavy atom. The van der Waals surface area contributed by atoms with Gasteiger partial charge in [0.05, 0.1) is 14.2 Å².